The van der Waals surface area contributed by atoms with Crippen molar-refractivity contribution < 1.29 is 9.53 Å². The maximum absolute atomic E-state index is 11.2. The second-order valence-corrected chi connectivity index (χ2v) is 4.16. The first-order valence-corrected chi connectivity index (χ1v) is 5.98. The Morgan fingerprint density at radius 3 is 2.80 bits per heavy atom. The number of rotatable bonds is 3. The first-order chi connectivity index (χ1) is 9.72. The molecule has 1 amide bonds. The van der Waals surface area contributed by atoms with E-state index in [2.05, 4.69) is 20.0 Å². The number of hydrogen-bond acceptors (Lipinski definition) is 6. The third kappa shape index (κ3) is 2.46. The number of nitrogens with zero attached hydrogens (tertiary/aromatic N) is 4. The van der Waals surface area contributed by atoms with Crippen molar-refractivity contribution in [1.82, 2.24) is 9.97 Å². The minimum Gasteiger partial charge on any atom is -0.471 e. The van der Waals surface area contributed by atoms with Gasteiger partial charge in [-0.05, 0) is 5.56 Å². The van der Waals surface area contributed by atoms with Crippen molar-refractivity contribution >= 4 is 11.9 Å². The molecule has 2 N–H and O–H groups in total. The highest BCUT2D eigenvalue weighted by atomic mass is 16.5. The molecule has 0 spiro atoms. The average molecular weight is 269 g/mol. The van der Waals surface area contributed by atoms with Gasteiger partial charge >= 0.3 is 0 Å². The third-order valence-corrected chi connectivity index (χ3v) is 2.67. The van der Waals surface area contributed by atoms with E-state index in [-0.39, 0.29) is 29.8 Å². The lowest BCUT2D eigenvalue weighted by Crippen LogP contribution is -2.37. The maximum Gasteiger partial charge on any atom is 0.269 e. The van der Waals surface area contributed by atoms with E-state index in [4.69, 9.17) is 10.5 Å². The third-order valence-electron chi connectivity index (χ3n) is 2.67. The Morgan fingerprint density at radius 2 is 2.00 bits per heavy atom. The lowest BCUT2D eigenvalue weighted by Gasteiger charge is -2.07. The molecule has 20 heavy (non-hydrogen) atoms. The normalized spacial score (nSPS) is 13.1. The largest absolute Gasteiger partial charge is 0.471 e. The van der Waals surface area contributed by atoms with Crippen molar-refractivity contribution in [3.8, 4) is 5.88 Å². The highest BCUT2D eigenvalue weighted by Crippen LogP contribution is 2.05. The Bertz CT molecular complexity index is 773. The highest BCUT2D eigenvalue weighted by Gasteiger charge is 2.12. The molecule has 0 unspecified atom stereocenters. The summed E-state index contributed by atoms with van der Waals surface area (Å²) in [6.07, 6.45) is 0. The number of nitrogens with two attached hydrogens (primary N) is 1. The number of benzene rings is 1. The molecule has 0 atom stereocenters. The molecule has 0 aliphatic carbocycles. The van der Waals surface area contributed by atoms with Crippen molar-refractivity contribution in [2.75, 3.05) is 12.3 Å². The fourth-order valence-corrected chi connectivity index (χ4v) is 1.78. The summed E-state index contributed by atoms with van der Waals surface area (Å²) in [5, 5.41) is 0.370. The van der Waals surface area contributed by atoms with Crippen LogP contribution in [0, 0.1) is 0 Å². The van der Waals surface area contributed by atoms with Gasteiger partial charge in [0.05, 0.1) is 0 Å². The summed E-state index contributed by atoms with van der Waals surface area (Å²) in [7, 11) is 0. The molecule has 2 aromatic rings. The van der Waals surface area contributed by atoms with Gasteiger partial charge in [-0.25, -0.2) is 0 Å². The van der Waals surface area contributed by atoms with Gasteiger partial charge in [0, 0.05) is 0 Å². The molecule has 2 heterocycles. The van der Waals surface area contributed by atoms with Gasteiger partial charge in [-0.15, -0.1) is 0 Å². The molecular formula is C13H11N5O2. The van der Waals surface area contributed by atoms with Crippen LogP contribution in [0.5, 0.6) is 5.88 Å². The van der Waals surface area contributed by atoms with E-state index in [0.717, 1.165) is 5.56 Å². The molecule has 1 aliphatic rings. The Hall–Kier alpha value is -2.83. The van der Waals surface area contributed by atoms with Gasteiger partial charge in [-0.3, -0.25) is 9.79 Å². The molecule has 3 rings (SSSR count). The molecule has 0 fully saturated rings. The first-order valence-electron chi connectivity index (χ1n) is 5.98. The quantitative estimate of drug-likeness (QED) is 0.802. The fourth-order valence-electron chi connectivity index (χ4n) is 1.78. The molecule has 1 aliphatic heterocycles. The van der Waals surface area contributed by atoms with Gasteiger partial charge in [0.25, 0.3) is 5.91 Å². The SMILES string of the molecule is Nc1nc(OCc2ccccc2)c2c(n1)=NC(=O)CN=2. The fraction of sp³-hybridized carbons (Fsp3) is 0.154. The molecule has 0 radical (unpaired) electrons. The minimum atomic E-state index is -0.357. The number of carbonyl (C=O) groups is 1. The van der Waals surface area contributed by atoms with E-state index in [0.29, 0.717) is 12.0 Å². The zero-order chi connectivity index (χ0) is 13.9. The molecule has 1 aromatic heterocycles. The molecule has 0 saturated carbocycles. The summed E-state index contributed by atoms with van der Waals surface area (Å²) in [6.45, 7) is 0.301. The number of aromatic nitrogens is 2. The monoisotopic (exact) mass is 269 g/mol. The van der Waals surface area contributed by atoms with Crippen molar-refractivity contribution in [2.24, 2.45) is 9.98 Å². The van der Waals surface area contributed by atoms with Gasteiger partial charge < -0.3 is 10.5 Å². The van der Waals surface area contributed by atoms with Crippen LogP contribution in [-0.4, -0.2) is 22.4 Å². The summed E-state index contributed by atoms with van der Waals surface area (Å²) in [5.41, 5.74) is 6.73. The smallest absolute Gasteiger partial charge is 0.269 e. The Labute approximate surface area is 113 Å². The van der Waals surface area contributed by atoms with Crippen LogP contribution < -0.4 is 21.3 Å². The maximum atomic E-state index is 11.2. The van der Waals surface area contributed by atoms with Gasteiger partial charge in [-0.1, -0.05) is 30.3 Å². The number of anilines is 1. The Balaban J connectivity index is 1.95. The first kappa shape index (κ1) is 12.2. The van der Waals surface area contributed by atoms with Gasteiger partial charge in [0.1, 0.15) is 13.2 Å². The number of nitrogen functional groups attached to an aromatic ring is 1. The van der Waals surface area contributed by atoms with Crippen LogP contribution in [0.3, 0.4) is 0 Å². The molecule has 1 aromatic carbocycles. The van der Waals surface area contributed by atoms with E-state index >= 15 is 0 Å². The standard InChI is InChI=1S/C13H11N5O2/c14-13-17-11-10(15-6-9(19)16-11)12(18-13)20-7-8-4-2-1-3-5-8/h1-5H,6-7H2,(H2,14,16,17,19). The van der Waals surface area contributed by atoms with Gasteiger partial charge in [0.15, 0.2) is 10.8 Å². The van der Waals surface area contributed by atoms with Crippen LogP contribution in [0.25, 0.3) is 0 Å². The zero-order valence-corrected chi connectivity index (χ0v) is 10.5. The average Bonchev–Trinajstić information content (AvgIpc) is 2.45. The second kappa shape index (κ2) is 5.04. The van der Waals surface area contributed by atoms with E-state index in [1.165, 1.54) is 0 Å². The van der Waals surface area contributed by atoms with E-state index in [9.17, 15) is 4.79 Å². The van der Waals surface area contributed by atoms with Gasteiger partial charge in [0.2, 0.25) is 11.8 Å². The lowest BCUT2D eigenvalue weighted by atomic mass is 10.2. The van der Waals surface area contributed by atoms with E-state index < -0.39 is 0 Å². The molecule has 7 nitrogen and oxygen atoms in total. The highest BCUT2D eigenvalue weighted by molar-refractivity contribution is 5.79. The van der Waals surface area contributed by atoms with Crippen LogP contribution in [0.15, 0.2) is 40.3 Å². The predicted molar refractivity (Wildman–Crippen MR) is 69.4 cm³/mol. The Morgan fingerprint density at radius 1 is 1.20 bits per heavy atom. The topological polar surface area (TPSA) is 103 Å². The summed E-state index contributed by atoms with van der Waals surface area (Å²) >= 11 is 0. The molecule has 0 bridgehead atoms. The van der Waals surface area contributed by atoms with Crippen LogP contribution >= 0.6 is 0 Å². The Kier molecular flexibility index (Phi) is 3.08. The minimum absolute atomic E-state index is 0.000427. The number of hydrogen-bond donors (Lipinski definition) is 1. The molecular weight excluding hydrogens is 258 g/mol. The summed E-state index contributed by atoms with van der Waals surface area (Å²) in [6, 6.07) is 9.62. The van der Waals surface area contributed by atoms with Crippen LogP contribution in [0.4, 0.5) is 5.95 Å². The van der Waals surface area contributed by atoms with Crippen LogP contribution in [-0.2, 0) is 11.4 Å². The molecule has 100 valence electrons. The lowest BCUT2D eigenvalue weighted by molar-refractivity contribution is -0.117. The van der Waals surface area contributed by atoms with E-state index in [1.807, 2.05) is 30.3 Å². The van der Waals surface area contributed by atoms with Crippen LogP contribution in [0.1, 0.15) is 5.56 Å². The second-order valence-electron chi connectivity index (χ2n) is 4.16. The van der Waals surface area contributed by atoms with Crippen molar-refractivity contribution in [3.63, 3.8) is 0 Å². The number of amides is 1. The van der Waals surface area contributed by atoms with E-state index in [1.54, 1.807) is 0 Å². The summed E-state index contributed by atoms with van der Waals surface area (Å²) in [5.74, 6) is -0.113. The number of carbonyl (C=O) groups excluding carboxylic acids is 1. The van der Waals surface area contributed by atoms with Crippen molar-refractivity contribution in [1.29, 1.82) is 0 Å². The van der Waals surface area contributed by atoms with Crippen molar-refractivity contribution in [2.45, 2.75) is 6.61 Å². The van der Waals surface area contributed by atoms with Crippen LogP contribution in [0.2, 0.25) is 0 Å². The zero-order valence-electron chi connectivity index (χ0n) is 10.5. The van der Waals surface area contributed by atoms with Crippen molar-refractivity contribution in [3.05, 3.63) is 46.7 Å². The summed E-state index contributed by atoms with van der Waals surface area (Å²) < 4.78 is 5.61. The molecule has 7 heteroatoms. The number of fused-ring (bicyclic) bond motifs is 1. The predicted octanol–water partition coefficient (Wildman–Crippen LogP) is -0.583. The van der Waals surface area contributed by atoms with Gasteiger partial charge in [-0.2, -0.15) is 15.0 Å². The number of ether oxygens (including phenoxy) is 1. The molecule has 0 saturated heterocycles. The summed E-state index contributed by atoms with van der Waals surface area (Å²) in [4.78, 5) is 27.0.